The quantitative estimate of drug-likeness (QED) is 0.810. The van der Waals surface area contributed by atoms with E-state index in [1.807, 2.05) is 6.92 Å². The summed E-state index contributed by atoms with van der Waals surface area (Å²) < 4.78 is 33.5. The molecule has 0 radical (unpaired) electrons. The monoisotopic (exact) mass is 296 g/mol. The number of nitrogen functional groups attached to an aromatic ring is 1. The van der Waals surface area contributed by atoms with Crippen molar-refractivity contribution in [2.45, 2.75) is 18.4 Å². The van der Waals surface area contributed by atoms with Crippen LogP contribution >= 0.6 is 0 Å². The average Bonchev–Trinajstić information content (AvgIpc) is 2.85. The van der Waals surface area contributed by atoms with Crippen LogP contribution in [0.3, 0.4) is 0 Å². The van der Waals surface area contributed by atoms with E-state index in [1.165, 1.54) is 25.4 Å². The van der Waals surface area contributed by atoms with Gasteiger partial charge in [0.2, 0.25) is 0 Å². The molecule has 0 atom stereocenters. The second-order valence-electron chi connectivity index (χ2n) is 4.09. The number of rotatable bonds is 5. The van der Waals surface area contributed by atoms with E-state index in [0.717, 1.165) is 0 Å². The van der Waals surface area contributed by atoms with E-state index in [2.05, 4.69) is 9.82 Å². The van der Waals surface area contributed by atoms with E-state index in [1.54, 1.807) is 16.9 Å². The third-order valence-electron chi connectivity index (χ3n) is 2.72. The number of hydrogen-bond acceptors (Lipinski definition) is 5. The summed E-state index contributed by atoms with van der Waals surface area (Å²) in [7, 11) is -2.26. The van der Waals surface area contributed by atoms with E-state index < -0.39 is 10.0 Å². The zero-order valence-corrected chi connectivity index (χ0v) is 12.0. The first-order valence-corrected chi connectivity index (χ1v) is 7.43. The number of nitrogens with one attached hydrogen (secondary N) is 1. The number of methoxy groups -OCH3 is 1. The Morgan fingerprint density at radius 3 is 2.75 bits per heavy atom. The fraction of sp³-hybridized carbons (Fsp3) is 0.250. The summed E-state index contributed by atoms with van der Waals surface area (Å²) in [5, 5.41) is 4.00. The first kappa shape index (κ1) is 14.2. The fourth-order valence-electron chi connectivity index (χ4n) is 1.70. The van der Waals surface area contributed by atoms with E-state index in [-0.39, 0.29) is 10.6 Å². The maximum Gasteiger partial charge on any atom is 0.264 e. The molecule has 1 aromatic heterocycles. The summed E-state index contributed by atoms with van der Waals surface area (Å²) in [5.74, 6) is 0.500. The van der Waals surface area contributed by atoms with Crippen molar-refractivity contribution in [1.29, 1.82) is 0 Å². The highest BCUT2D eigenvalue weighted by atomic mass is 32.2. The SMILES string of the molecule is CCn1cc(NS(=O)(=O)c2ccc(OC)cc2N)cn1. The van der Waals surface area contributed by atoms with Gasteiger partial charge in [-0.3, -0.25) is 9.40 Å². The Kier molecular flexibility index (Phi) is 3.84. The molecule has 1 aromatic carbocycles. The van der Waals surface area contributed by atoms with Gasteiger partial charge >= 0.3 is 0 Å². The van der Waals surface area contributed by atoms with Gasteiger partial charge in [0.15, 0.2) is 0 Å². The number of sulfonamides is 1. The second kappa shape index (κ2) is 5.41. The lowest BCUT2D eigenvalue weighted by Gasteiger charge is -2.09. The summed E-state index contributed by atoms with van der Waals surface area (Å²) in [6.07, 6.45) is 3.05. The van der Waals surface area contributed by atoms with Crippen molar-refractivity contribution in [2.75, 3.05) is 17.6 Å². The molecule has 2 rings (SSSR count). The van der Waals surface area contributed by atoms with Crippen molar-refractivity contribution >= 4 is 21.4 Å². The first-order valence-electron chi connectivity index (χ1n) is 5.95. The molecule has 2 aromatic rings. The van der Waals surface area contributed by atoms with Gasteiger partial charge in [-0.2, -0.15) is 5.10 Å². The Labute approximate surface area is 117 Å². The summed E-state index contributed by atoms with van der Waals surface area (Å²) in [5.41, 5.74) is 6.26. The number of anilines is 2. The highest BCUT2D eigenvalue weighted by Crippen LogP contribution is 2.25. The van der Waals surface area contributed by atoms with Gasteiger partial charge < -0.3 is 10.5 Å². The van der Waals surface area contributed by atoms with E-state index in [0.29, 0.717) is 18.0 Å². The normalized spacial score (nSPS) is 11.3. The minimum Gasteiger partial charge on any atom is -0.497 e. The van der Waals surface area contributed by atoms with E-state index >= 15 is 0 Å². The molecule has 0 aliphatic carbocycles. The predicted octanol–water partition coefficient (Wildman–Crippen LogP) is 1.29. The smallest absolute Gasteiger partial charge is 0.264 e. The first-order chi connectivity index (χ1) is 9.46. The lowest BCUT2D eigenvalue weighted by atomic mass is 10.3. The molecule has 0 aliphatic heterocycles. The van der Waals surface area contributed by atoms with Gasteiger partial charge in [0.05, 0.1) is 24.7 Å². The number of aryl methyl sites for hydroxylation is 1. The number of benzene rings is 1. The molecular weight excluding hydrogens is 280 g/mol. The van der Waals surface area contributed by atoms with E-state index in [9.17, 15) is 8.42 Å². The average molecular weight is 296 g/mol. The van der Waals surface area contributed by atoms with Crippen LogP contribution in [0.2, 0.25) is 0 Å². The zero-order valence-electron chi connectivity index (χ0n) is 11.2. The number of nitrogens with two attached hydrogens (primary N) is 1. The Bertz CT molecular complexity index is 709. The van der Waals surface area contributed by atoms with Gasteiger partial charge in [-0.25, -0.2) is 8.42 Å². The van der Waals surface area contributed by atoms with Crippen LogP contribution in [0.4, 0.5) is 11.4 Å². The molecule has 8 heteroatoms. The minimum atomic E-state index is -3.75. The van der Waals surface area contributed by atoms with Gasteiger partial charge in [0.25, 0.3) is 10.0 Å². The molecular formula is C12H16N4O3S. The minimum absolute atomic E-state index is 0.00236. The Hall–Kier alpha value is -2.22. The number of hydrogen-bond donors (Lipinski definition) is 2. The maximum absolute atomic E-state index is 12.3. The zero-order chi connectivity index (χ0) is 14.8. The van der Waals surface area contributed by atoms with Crippen molar-refractivity contribution < 1.29 is 13.2 Å². The molecule has 0 fully saturated rings. The van der Waals surface area contributed by atoms with Crippen LogP contribution in [-0.2, 0) is 16.6 Å². The Balaban J connectivity index is 2.30. The van der Waals surface area contributed by atoms with Crippen LogP contribution < -0.4 is 15.2 Å². The third-order valence-corrected chi connectivity index (χ3v) is 4.17. The van der Waals surface area contributed by atoms with Crippen LogP contribution in [0.5, 0.6) is 5.75 Å². The van der Waals surface area contributed by atoms with Crippen LogP contribution in [0, 0.1) is 0 Å². The van der Waals surface area contributed by atoms with Crippen molar-refractivity contribution in [2.24, 2.45) is 0 Å². The van der Waals surface area contributed by atoms with Gasteiger partial charge in [-0.15, -0.1) is 0 Å². The summed E-state index contributed by atoms with van der Waals surface area (Å²) in [6.45, 7) is 2.57. The third kappa shape index (κ3) is 2.85. The van der Waals surface area contributed by atoms with Gasteiger partial charge in [0.1, 0.15) is 10.6 Å². The molecule has 0 saturated carbocycles. The Morgan fingerprint density at radius 2 is 2.20 bits per heavy atom. The summed E-state index contributed by atoms with van der Waals surface area (Å²) in [6, 6.07) is 4.41. The molecule has 20 heavy (non-hydrogen) atoms. The Morgan fingerprint density at radius 1 is 1.45 bits per heavy atom. The van der Waals surface area contributed by atoms with Crippen molar-refractivity contribution in [1.82, 2.24) is 9.78 Å². The largest absolute Gasteiger partial charge is 0.497 e. The standard InChI is InChI=1S/C12H16N4O3S/c1-3-16-8-9(7-14-16)15-20(17,18)12-5-4-10(19-2)6-11(12)13/h4-8,15H,3,13H2,1-2H3. The fourth-order valence-corrected chi connectivity index (χ4v) is 2.84. The highest BCUT2D eigenvalue weighted by Gasteiger charge is 2.18. The molecule has 7 nitrogen and oxygen atoms in total. The summed E-state index contributed by atoms with van der Waals surface area (Å²) >= 11 is 0. The lowest BCUT2D eigenvalue weighted by Crippen LogP contribution is -2.14. The van der Waals surface area contributed by atoms with Gasteiger partial charge in [0, 0.05) is 18.8 Å². The topological polar surface area (TPSA) is 99.2 Å². The molecule has 108 valence electrons. The van der Waals surface area contributed by atoms with Crippen LogP contribution in [-0.4, -0.2) is 25.3 Å². The summed E-state index contributed by atoms with van der Waals surface area (Å²) in [4.78, 5) is 0.00236. The molecule has 0 saturated heterocycles. The number of ether oxygens (including phenoxy) is 1. The lowest BCUT2D eigenvalue weighted by molar-refractivity contribution is 0.414. The van der Waals surface area contributed by atoms with Crippen LogP contribution in [0.1, 0.15) is 6.92 Å². The number of aromatic nitrogens is 2. The highest BCUT2D eigenvalue weighted by molar-refractivity contribution is 7.92. The van der Waals surface area contributed by atoms with Gasteiger partial charge in [-0.05, 0) is 19.1 Å². The molecule has 1 heterocycles. The van der Waals surface area contributed by atoms with Crippen LogP contribution in [0.15, 0.2) is 35.5 Å². The van der Waals surface area contributed by atoms with Crippen molar-refractivity contribution in [3.8, 4) is 5.75 Å². The number of nitrogens with zero attached hydrogens (tertiary/aromatic N) is 2. The van der Waals surface area contributed by atoms with E-state index in [4.69, 9.17) is 10.5 Å². The molecule has 0 aliphatic rings. The molecule has 3 N–H and O–H groups in total. The maximum atomic E-state index is 12.3. The second-order valence-corrected chi connectivity index (χ2v) is 5.74. The van der Waals surface area contributed by atoms with Crippen LogP contribution in [0.25, 0.3) is 0 Å². The van der Waals surface area contributed by atoms with Gasteiger partial charge in [-0.1, -0.05) is 0 Å². The molecule has 0 amide bonds. The van der Waals surface area contributed by atoms with Crippen molar-refractivity contribution in [3.63, 3.8) is 0 Å². The molecule has 0 spiro atoms. The predicted molar refractivity (Wildman–Crippen MR) is 76.1 cm³/mol. The molecule has 0 unspecified atom stereocenters. The molecule has 0 bridgehead atoms. The van der Waals surface area contributed by atoms with Crippen molar-refractivity contribution in [3.05, 3.63) is 30.6 Å².